The van der Waals surface area contributed by atoms with Gasteiger partial charge in [-0.05, 0) is 53.9 Å². The number of hydrogen-bond donors (Lipinski definition) is 1. The van der Waals surface area contributed by atoms with Crippen LogP contribution in [0.15, 0.2) is 42.5 Å². The summed E-state index contributed by atoms with van der Waals surface area (Å²) in [5.41, 5.74) is 1.78. The average molecular weight is 378 g/mol. The summed E-state index contributed by atoms with van der Waals surface area (Å²) >= 11 is 0. The van der Waals surface area contributed by atoms with Gasteiger partial charge in [0.1, 0.15) is 0 Å². The molecule has 0 fully saturated rings. The van der Waals surface area contributed by atoms with Crippen molar-refractivity contribution >= 4 is 17.7 Å². The predicted octanol–water partition coefficient (Wildman–Crippen LogP) is 4.08. The lowest BCUT2D eigenvalue weighted by molar-refractivity contribution is -0.137. The van der Waals surface area contributed by atoms with Gasteiger partial charge >= 0.3 is 12.3 Å². The van der Waals surface area contributed by atoms with E-state index in [2.05, 4.69) is 5.32 Å². The molecular formula is C19H17F3N2O3. The van der Waals surface area contributed by atoms with Gasteiger partial charge in [-0.2, -0.15) is 13.2 Å². The van der Waals surface area contributed by atoms with Gasteiger partial charge in [0.2, 0.25) is 0 Å². The summed E-state index contributed by atoms with van der Waals surface area (Å²) in [5.74, 6) is -0.510. The number of alkyl halides is 3. The van der Waals surface area contributed by atoms with Crippen LogP contribution in [0.25, 0.3) is 0 Å². The summed E-state index contributed by atoms with van der Waals surface area (Å²) in [7, 11) is 1.32. The molecule has 8 heteroatoms. The Hall–Kier alpha value is -3.03. The van der Waals surface area contributed by atoms with Crippen LogP contribution in [-0.2, 0) is 23.9 Å². The third kappa shape index (κ3) is 4.21. The second-order valence-corrected chi connectivity index (χ2v) is 6.15. The molecule has 0 unspecified atom stereocenters. The van der Waals surface area contributed by atoms with E-state index >= 15 is 0 Å². The summed E-state index contributed by atoms with van der Waals surface area (Å²) < 4.78 is 42.5. The molecule has 0 aliphatic carbocycles. The van der Waals surface area contributed by atoms with E-state index in [1.807, 2.05) is 6.07 Å². The van der Waals surface area contributed by atoms with E-state index < -0.39 is 23.7 Å². The molecule has 2 aromatic rings. The molecule has 0 spiro atoms. The van der Waals surface area contributed by atoms with E-state index in [9.17, 15) is 22.8 Å². The fraction of sp³-hybridized carbons (Fsp3) is 0.263. The van der Waals surface area contributed by atoms with Crippen molar-refractivity contribution < 1.29 is 27.5 Å². The van der Waals surface area contributed by atoms with Gasteiger partial charge in [-0.25, -0.2) is 4.79 Å². The smallest absolute Gasteiger partial charge is 0.416 e. The van der Waals surface area contributed by atoms with Gasteiger partial charge in [0, 0.05) is 24.3 Å². The van der Waals surface area contributed by atoms with Crippen LogP contribution in [0.2, 0.25) is 0 Å². The van der Waals surface area contributed by atoms with E-state index in [1.54, 1.807) is 17.0 Å². The van der Waals surface area contributed by atoms with Gasteiger partial charge in [-0.1, -0.05) is 6.07 Å². The van der Waals surface area contributed by atoms with E-state index in [1.165, 1.54) is 7.11 Å². The molecule has 5 nitrogen and oxygen atoms in total. The highest BCUT2D eigenvalue weighted by Crippen LogP contribution is 2.29. The highest BCUT2D eigenvalue weighted by atomic mass is 19.4. The van der Waals surface area contributed by atoms with Gasteiger partial charge in [0.15, 0.2) is 0 Å². The number of nitrogens with zero attached hydrogens (tertiary/aromatic N) is 1. The summed E-state index contributed by atoms with van der Waals surface area (Å²) in [5, 5.41) is 2.67. The number of nitrogens with one attached hydrogen (secondary N) is 1. The minimum atomic E-state index is -4.45. The molecule has 1 aliphatic rings. The molecule has 27 heavy (non-hydrogen) atoms. The lowest BCUT2D eigenvalue weighted by atomic mass is 9.99. The zero-order valence-electron chi connectivity index (χ0n) is 14.5. The van der Waals surface area contributed by atoms with Crippen molar-refractivity contribution in [3.05, 3.63) is 64.7 Å². The van der Waals surface area contributed by atoms with Gasteiger partial charge in [0.05, 0.1) is 12.7 Å². The largest absolute Gasteiger partial charge is 0.453 e. The number of halogens is 3. The van der Waals surface area contributed by atoms with Crippen molar-refractivity contribution in [2.24, 2.45) is 0 Å². The Morgan fingerprint density at radius 1 is 1.07 bits per heavy atom. The molecule has 0 atom stereocenters. The van der Waals surface area contributed by atoms with Crippen molar-refractivity contribution in [1.82, 2.24) is 4.90 Å². The van der Waals surface area contributed by atoms with Crippen LogP contribution >= 0.6 is 0 Å². The number of methoxy groups -OCH3 is 1. The lowest BCUT2D eigenvalue weighted by Gasteiger charge is -2.28. The summed E-state index contributed by atoms with van der Waals surface area (Å²) in [6, 6.07) is 9.37. The first-order valence-electron chi connectivity index (χ1n) is 8.21. The van der Waals surface area contributed by atoms with Crippen molar-refractivity contribution in [2.75, 3.05) is 19.0 Å². The van der Waals surface area contributed by atoms with E-state index in [-0.39, 0.29) is 5.56 Å². The minimum Gasteiger partial charge on any atom is -0.453 e. The number of carbonyl (C=O) groups is 2. The zero-order chi connectivity index (χ0) is 19.6. The van der Waals surface area contributed by atoms with Gasteiger partial charge in [0.25, 0.3) is 5.91 Å². The Morgan fingerprint density at radius 2 is 1.78 bits per heavy atom. The van der Waals surface area contributed by atoms with Crippen molar-refractivity contribution in [2.45, 2.75) is 19.1 Å². The normalized spacial score (nSPS) is 13.7. The molecule has 0 aromatic heterocycles. The zero-order valence-corrected chi connectivity index (χ0v) is 14.5. The second-order valence-electron chi connectivity index (χ2n) is 6.15. The van der Waals surface area contributed by atoms with Crippen LogP contribution in [0.5, 0.6) is 0 Å². The van der Waals surface area contributed by atoms with Crippen LogP contribution in [0.4, 0.5) is 23.7 Å². The van der Waals surface area contributed by atoms with Crippen molar-refractivity contribution in [3.8, 4) is 0 Å². The quantitative estimate of drug-likeness (QED) is 0.857. The maximum absolute atomic E-state index is 12.6. The Morgan fingerprint density at radius 3 is 2.41 bits per heavy atom. The molecule has 2 aromatic carbocycles. The van der Waals surface area contributed by atoms with Gasteiger partial charge in [-0.3, -0.25) is 4.79 Å². The molecule has 0 radical (unpaired) electrons. The summed E-state index contributed by atoms with van der Waals surface area (Å²) in [4.78, 5) is 25.5. The fourth-order valence-electron chi connectivity index (χ4n) is 2.93. The maximum atomic E-state index is 12.6. The van der Waals surface area contributed by atoms with Crippen LogP contribution in [0.1, 0.15) is 27.0 Å². The number of hydrogen-bond acceptors (Lipinski definition) is 3. The number of benzene rings is 2. The van der Waals surface area contributed by atoms with Crippen LogP contribution in [0.3, 0.4) is 0 Å². The van der Waals surface area contributed by atoms with E-state index in [0.717, 1.165) is 35.4 Å². The monoisotopic (exact) mass is 378 g/mol. The first-order chi connectivity index (χ1) is 12.8. The number of amides is 2. The fourth-order valence-corrected chi connectivity index (χ4v) is 2.93. The minimum absolute atomic E-state index is 0.122. The molecule has 1 heterocycles. The molecule has 3 rings (SSSR count). The Kier molecular flexibility index (Phi) is 5.07. The number of carbonyl (C=O) groups excluding carboxylic acids is 2. The SMILES string of the molecule is COC(=O)N1CCc2ccc(NC(=O)c3ccc(C(F)(F)F)cc3)cc2C1. The molecule has 1 aliphatic heterocycles. The molecule has 2 amide bonds. The Labute approximate surface area is 153 Å². The van der Waals surface area contributed by atoms with E-state index in [4.69, 9.17) is 4.74 Å². The first kappa shape index (κ1) is 18.8. The molecule has 0 bridgehead atoms. The Balaban J connectivity index is 1.73. The number of anilines is 1. The number of rotatable bonds is 2. The highest BCUT2D eigenvalue weighted by Gasteiger charge is 2.30. The first-order valence-corrected chi connectivity index (χ1v) is 8.21. The third-order valence-electron chi connectivity index (χ3n) is 4.38. The van der Waals surface area contributed by atoms with Crippen molar-refractivity contribution in [3.63, 3.8) is 0 Å². The highest BCUT2D eigenvalue weighted by molar-refractivity contribution is 6.04. The van der Waals surface area contributed by atoms with Crippen molar-refractivity contribution in [1.29, 1.82) is 0 Å². The van der Waals surface area contributed by atoms with Gasteiger partial charge < -0.3 is 15.0 Å². The number of ether oxygens (including phenoxy) is 1. The summed E-state index contributed by atoms with van der Waals surface area (Å²) in [6.07, 6.45) is -4.18. The third-order valence-corrected chi connectivity index (χ3v) is 4.38. The summed E-state index contributed by atoms with van der Waals surface area (Å²) in [6.45, 7) is 0.920. The van der Waals surface area contributed by atoms with Crippen LogP contribution in [-0.4, -0.2) is 30.6 Å². The second kappa shape index (κ2) is 7.30. The van der Waals surface area contributed by atoms with Crippen LogP contribution < -0.4 is 5.32 Å². The lowest BCUT2D eigenvalue weighted by Crippen LogP contribution is -2.35. The molecule has 0 saturated carbocycles. The standard InChI is InChI=1S/C19H17F3N2O3/c1-27-18(26)24-9-8-12-4-7-16(10-14(12)11-24)23-17(25)13-2-5-15(6-3-13)19(20,21)22/h2-7,10H,8-9,11H2,1H3,(H,23,25). The van der Waals surface area contributed by atoms with Gasteiger partial charge in [-0.15, -0.1) is 0 Å². The topological polar surface area (TPSA) is 58.6 Å². The number of fused-ring (bicyclic) bond motifs is 1. The molecule has 0 saturated heterocycles. The maximum Gasteiger partial charge on any atom is 0.416 e. The Bertz CT molecular complexity index is 863. The van der Waals surface area contributed by atoms with Crippen LogP contribution in [0, 0.1) is 0 Å². The molecular weight excluding hydrogens is 361 g/mol. The average Bonchev–Trinajstić information content (AvgIpc) is 2.66. The molecule has 1 N–H and O–H groups in total. The predicted molar refractivity (Wildman–Crippen MR) is 92.4 cm³/mol. The van der Waals surface area contributed by atoms with E-state index in [0.29, 0.717) is 25.2 Å². The molecule has 142 valence electrons.